The number of aliphatic hydroxyl groups excluding tert-OH is 1. The van der Waals surface area contributed by atoms with E-state index >= 15 is 0 Å². The molecule has 0 fully saturated rings. The largest absolute Gasteiger partial charge is 0.395 e. The molecule has 0 bridgehead atoms. The van der Waals surface area contributed by atoms with Crippen molar-refractivity contribution >= 4 is 21.4 Å². The van der Waals surface area contributed by atoms with Crippen molar-refractivity contribution < 1.29 is 13.5 Å². The molecule has 0 aliphatic carbocycles. The average Bonchev–Trinajstić information content (AvgIpc) is 2.19. The van der Waals surface area contributed by atoms with Gasteiger partial charge in [-0.15, -0.1) is 0 Å². The fraction of sp³-hybridized carbons (Fsp3) is 0.400. The number of hydrogen-bond acceptors (Lipinski definition) is 3. The van der Waals surface area contributed by atoms with Crippen LogP contribution >= 0.6 is 11.6 Å². The van der Waals surface area contributed by atoms with Crippen LogP contribution in [0, 0.1) is 0 Å². The van der Waals surface area contributed by atoms with E-state index in [1.165, 1.54) is 24.3 Å². The SMILES string of the molecule is CCC(CO)S(=O)(=O)c1ccc(Cl)cc1. The monoisotopic (exact) mass is 248 g/mol. The molecule has 0 aromatic heterocycles. The highest BCUT2D eigenvalue weighted by Crippen LogP contribution is 2.20. The number of sulfone groups is 1. The Morgan fingerprint density at radius 1 is 1.33 bits per heavy atom. The van der Waals surface area contributed by atoms with Crippen LogP contribution in [0.3, 0.4) is 0 Å². The normalized spacial score (nSPS) is 13.8. The first-order chi connectivity index (χ1) is 7.02. The first-order valence-electron chi connectivity index (χ1n) is 4.62. The van der Waals surface area contributed by atoms with Crippen LogP contribution in [-0.2, 0) is 9.84 Å². The lowest BCUT2D eigenvalue weighted by molar-refractivity contribution is 0.287. The molecule has 15 heavy (non-hydrogen) atoms. The third kappa shape index (κ3) is 2.71. The van der Waals surface area contributed by atoms with E-state index in [-0.39, 0.29) is 11.5 Å². The van der Waals surface area contributed by atoms with Gasteiger partial charge in [-0.05, 0) is 30.7 Å². The lowest BCUT2D eigenvalue weighted by Gasteiger charge is -2.12. The van der Waals surface area contributed by atoms with Crippen LogP contribution in [0.5, 0.6) is 0 Å². The fourth-order valence-corrected chi connectivity index (χ4v) is 2.92. The van der Waals surface area contributed by atoms with Crippen molar-refractivity contribution in [1.82, 2.24) is 0 Å². The van der Waals surface area contributed by atoms with Crippen molar-refractivity contribution in [3.05, 3.63) is 29.3 Å². The summed E-state index contributed by atoms with van der Waals surface area (Å²) in [7, 11) is -3.43. The molecule has 1 aromatic carbocycles. The van der Waals surface area contributed by atoms with Gasteiger partial charge in [-0.2, -0.15) is 0 Å². The Morgan fingerprint density at radius 3 is 2.27 bits per heavy atom. The van der Waals surface area contributed by atoms with Crippen LogP contribution in [0.4, 0.5) is 0 Å². The molecule has 0 heterocycles. The van der Waals surface area contributed by atoms with E-state index in [4.69, 9.17) is 16.7 Å². The van der Waals surface area contributed by atoms with Crippen LogP contribution in [0.25, 0.3) is 0 Å². The Kier molecular flexibility index (Phi) is 4.13. The van der Waals surface area contributed by atoms with Crippen molar-refractivity contribution in [2.45, 2.75) is 23.5 Å². The maximum Gasteiger partial charge on any atom is 0.183 e. The Balaban J connectivity index is 3.11. The summed E-state index contributed by atoms with van der Waals surface area (Å²) < 4.78 is 23.8. The molecule has 0 radical (unpaired) electrons. The third-order valence-electron chi connectivity index (χ3n) is 2.24. The van der Waals surface area contributed by atoms with Crippen LogP contribution < -0.4 is 0 Å². The lowest BCUT2D eigenvalue weighted by Crippen LogP contribution is -2.24. The number of hydrogen-bond donors (Lipinski definition) is 1. The summed E-state index contributed by atoms with van der Waals surface area (Å²) in [6, 6.07) is 5.96. The zero-order chi connectivity index (χ0) is 11.5. The van der Waals surface area contributed by atoms with Gasteiger partial charge in [-0.3, -0.25) is 0 Å². The van der Waals surface area contributed by atoms with Gasteiger partial charge in [-0.1, -0.05) is 18.5 Å². The second-order valence-corrected chi connectivity index (χ2v) is 5.88. The molecule has 1 atom stereocenters. The van der Waals surface area contributed by atoms with Gasteiger partial charge in [0.1, 0.15) is 0 Å². The molecule has 0 aliphatic heterocycles. The summed E-state index contributed by atoms with van der Waals surface area (Å²) in [5.74, 6) is 0. The molecule has 0 spiro atoms. The minimum Gasteiger partial charge on any atom is -0.395 e. The quantitative estimate of drug-likeness (QED) is 0.885. The lowest BCUT2D eigenvalue weighted by atomic mass is 10.3. The van der Waals surface area contributed by atoms with Crippen LogP contribution in [0.2, 0.25) is 5.02 Å². The van der Waals surface area contributed by atoms with Gasteiger partial charge in [0.25, 0.3) is 0 Å². The van der Waals surface area contributed by atoms with E-state index in [1.807, 2.05) is 0 Å². The van der Waals surface area contributed by atoms with E-state index in [0.717, 1.165) is 0 Å². The van der Waals surface area contributed by atoms with Gasteiger partial charge in [-0.25, -0.2) is 8.42 Å². The molecular weight excluding hydrogens is 236 g/mol. The van der Waals surface area contributed by atoms with E-state index in [9.17, 15) is 8.42 Å². The highest BCUT2D eigenvalue weighted by molar-refractivity contribution is 7.92. The minimum absolute atomic E-state index is 0.202. The molecule has 0 aliphatic rings. The molecule has 0 saturated carbocycles. The molecule has 0 saturated heterocycles. The summed E-state index contributed by atoms with van der Waals surface area (Å²) in [4.78, 5) is 0.202. The molecular formula is C10H13ClO3S. The van der Waals surface area contributed by atoms with Crippen LogP contribution in [0.15, 0.2) is 29.2 Å². The molecule has 0 amide bonds. The molecule has 5 heteroatoms. The minimum atomic E-state index is -3.43. The second kappa shape index (κ2) is 4.96. The molecule has 84 valence electrons. The predicted octanol–water partition coefficient (Wildman–Crippen LogP) is 1.88. The Bertz CT molecular complexity index is 407. The third-order valence-corrected chi connectivity index (χ3v) is 4.78. The molecule has 3 nitrogen and oxygen atoms in total. The van der Waals surface area contributed by atoms with Gasteiger partial charge in [0.2, 0.25) is 0 Å². The predicted molar refractivity (Wildman–Crippen MR) is 59.8 cm³/mol. The van der Waals surface area contributed by atoms with Gasteiger partial charge in [0.15, 0.2) is 9.84 Å². The maximum atomic E-state index is 11.9. The smallest absolute Gasteiger partial charge is 0.183 e. The first-order valence-corrected chi connectivity index (χ1v) is 6.55. The van der Waals surface area contributed by atoms with Gasteiger partial charge < -0.3 is 5.11 Å². The van der Waals surface area contributed by atoms with E-state index < -0.39 is 15.1 Å². The zero-order valence-electron chi connectivity index (χ0n) is 8.35. The standard InChI is InChI=1S/C10H13ClO3S/c1-2-9(7-12)15(13,14)10-5-3-8(11)4-6-10/h3-6,9,12H,2,7H2,1H3. The number of halogens is 1. The Morgan fingerprint density at radius 2 is 1.87 bits per heavy atom. The van der Waals surface area contributed by atoms with Crippen molar-refractivity contribution in [1.29, 1.82) is 0 Å². The van der Waals surface area contributed by atoms with Gasteiger partial charge >= 0.3 is 0 Å². The maximum absolute atomic E-state index is 11.9. The van der Waals surface area contributed by atoms with Gasteiger partial charge in [0, 0.05) is 5.02 Å². The highest BCUT2D eigenvalue weighted by Gasteiger charge is 2.24. The van der Waals surface area contributed by atoms with Crippen molar-refractivity contribution in [3.63, 3.8) is 0 Å². The molecule has 1 N–H and O–H groups in total. The second-order valence-electron chi connectivity index (χ2n) is 3.21. The fourth-order valence-electron chi connectivity index (χ4n) is 1.26. The summed E-state index contributed by atoms with van der Waals surface area (Å²) in [5.41, 5.74) is 0. The average molecular weight is 249 g/mol. The number of rotatable bonds is 4. The number of aliphatic hydroxyl groups is 1. The summed E-state index contributed by atoms with van der Waals surface area (Å²) in [5, 5.41) is 8.73. The first kappa shape index (κ1) is 12.5. The van der Waals surface area contributed by atoms with E-state index in [1.54, 1.807) is 6.92 Å². The molecule has 1 aromatic rings. The van der Waals surface area contributed by atoms with Crippen LogP contribution in [-0.4, -0.2) is 25.4 Å². The highest BCUT2D eigenvalue weighted by atomic mass is 35.5. The summed E-state index contributed by atoms with van der Waals surface area (Å²) in [6.45, 7) is 1.37. The van der Waals surface area contributed by atoms with E-state index in [2.05, 4.69) is 0 Å². The molecule has 1 unspecified atom stereocenters. The van der Waals surface area contributed by atoms with E-state index in [0.29, 0.717) is 11.4 Å². The summed E-state index contributed by atoms with van der Waals surface area (Å²) in [6.07, 6.45) is 0.390. The topological polar surface area (TPSA) is 54.4 Å². The van der Waals surface area contributed by atoms with Crippen molar-refractivity contribution in [2.75, 3.05) is 6.61 Å². The van der Waals surface area contributed by atoms with Gasteiger partial charge in [0.05, 0.1) is 16.8 Å². The summed E-state index contributed by atoms with van der Waals surface area (Å²) >= 11 is 5.66. The van der Waals surface area contributed by atoms with Crippen molar-refractivity contribution in [2.24, 2.45) is 0 Å². The molecule has 1 rings (SSSR count). The Hall–Kier alpha value is -0.580. The zero-order valence-corrected chi connectivity index (χ0v) is 9.92. The van der Waals surface area contributed by atoms with Crippen molar-refractivity contribution in [3.8, 4) is 0 Å². The van der Waals surface area contributed by atoms with Crippen LogP contribution in [0.1, 0.15) is 13.3 Å². The Labute approximate surface area is 94.6 Å². The number of benzene rings is 1.